The van der Waals surface area contributed by atoms with Crippen LogP contribution in [-0.4, -0.2) is 112 Å². The van der Waals surface area contributed by atoms with E-state index in [1.807, 2.05) is 55.2 Å². The van der Waals surface area contributed by atoms with Gasteiger partial charge in [-0.1, -0.05) is 62.4 Å². The molecular weight excluding hydrogens is 1160 g/mol. The van der Waals surface area contributed by atoms with Gasteiger partial charge in [0.15, 0.2) is 5.71 Å². The largest absolute Gasteiger partial charge is 0.480 e. The zero-order valence-corrected chi connectivity index (χ0v) is 50.5. The van der Waals surface area contributed by atoms with Crippen molar-refractivity contribution in [1.82, 2.24) is 20.3 Å². The highest BCUT2D eigenvalue weighted by atomic mass is 32.2. The van der Waals surface area contributed by atoms with Gasteiger partial charge in [-0.15, -0.1) is 0 Å². The summed E-state index contributed by atoms with van der Waals surface area (Å²) in [6.07, 6.45) is 13.8. The number of carbonyl (C=O) groups excluding carboxylic acids is 1. The highest BCUT2D eigenvalue weighted by Gasteiger charge is 2.44. The first-order valence-electron chi connectivity index (χ1n) is 28.2. The number of nitrogens with one attached hydrogen (secondary N) is 3. The number of carbonyl (C=O) groups is 2. The fourth-order valence-electron chi connectivity index (χ4n) is 11.7. The topological polar surface area (TPSA) is 333 Å². The smallest absolute Gasteiger partial charge is 0.326 e. The number of amides is 1. The Kier molecular flexibility index (Phi) is 18.3. The van der Waals surface area contributed by atoms with Crippen LogP contribution in [0.3, 0.4) is 0 Å². The molecule has 1 unspecified atom stereocenters. The number of nitrogens with two attached hydrogens (primary N) is 1. The highest BCUT2D eigenvalue weighted by molar-refractivity contribution is 7.86. The quantitative estimate of drug-likeness (QED) is 0.0159. The second-order valence-electron chi connectivity index (χ2n) is 22.9. The van der Waals surface area contributed by atoms with Gasteiger partial charge in [-0.3, -0.25) is 28.2 Å². The van der Waals surface area contributed by atoms with Gasteiger partial charge >= 0.3 is 5.97 Å². The minimum atomic E-state index is -4.57. The number of aliphatic carboxylic acids is 1. The lowest BCUT2D eigenvalue weighted by Crippen LogP contribution is -2.42. The molecule has 0 saturated carbocycles. The van der Waals surface area contributed by atoms with E-state index in [4.69, 9.17) is 10.5 Å². The molecule has 1 aliphatic carbocycles. The van der Waals surface area contributed by atoms with Crippen molar-refractivity contribution in [1.29, 1.82) is 0 Å². The zero-order chi connectivity index (χ0) is 61.9. The summed E-state index contributed by atoms with van der Waals surface area (Å²) in [6.45, 7) is 8.89. The summed E-state index contributed by atoms with van der Waals surface area (Å²) in [6, 6.07) is 24.8. The second kappa shape index (κ2) is 25.1. The maximum atomic E-state index is 13.5. The molecule has 0 spiro atoms. The van der Waals surface area contributed by atoms with E-state index >= 15 is 0 Å². The Labute approximate surface area is 499 Å². The van der Waals surface area contributed by atoms with Gasteiger partial charge in [-0.05, 0) is 153 Å². The number of fused-ring (bicyclic) bond motifs is 3. The van der Waals surface area contributed by atoms with Crippen LogP contribution in [0.2, 0.25) is 0 Å². The van der Waals surface area contributed by atoms with Crippen molar-refractivity contribution >= 4 is 76.3 Å². The first kappa shape index (κ1) is 62.5. The Bertz CT molecular complexity index is 4200. The number of unbranched alkanes of at least 4 members (excludes halogenated alkanes) is 2. The van der Waals surface area contributed by atoms with Gasteiger partial charge in [0.2, 0.25) is 11.6 Å². The van der Waals surface area contributed by atoms with E-state index in [9.17, 15) is 58.4 Å². The normalized spacial score (nSPS) is 17.2. The fourth-order valence-corrected chi connectivity index (χ4v) is 13.3. The number of aromatic nitrogens is 3. The molecule has 0 bridgehead atoms. The Morgan fingerprint density at radius 2 is 1.50 bits per heavy atom. The number of hydrogen-bond acceptors (Lipinski definition) is 13. The summed E-state index contributed by atoms with van der Waals surface area (Å²) in [5.41, 5.74) is 13.6. The molecule has 1 amide bonds. The van der Waals surface area contributed by atoms with Crippen molar-refractivity contribution in [3.63, 3.8) is 0 Å². The van der Waals surface area contributed by atoms with E-state index < -0.39 is 64.9 Å². The Balaban J connectivity index is 1.01. The number of benzene rings is 4. The molecule has 0 fully saturated rings. The molecule has 2 aromatic heterocycles. The van der Waals surface area contributed by atoms with Gasteiger partial charge in [0, 0.05) is 65.7 Å². The first-order chi connectivity index (χ1) is 40.6. The molecule has 9 N–H and O–H groups in total. The van der Waals surface area contributed by atoms with Crippen LogP contribution < -0.4 is 26.2 Å². The Morgan fingerprint density at radius 3 is 2.19 bits per heavy atom. The van der Waals surface area contributed by atoms with Gasteiger partial charge < -0.3 is 30.8 Å². The van der Waals surface area contributed by atoms with Gasteiger partial charge in [0.1, 0.15) is 29.7 Å². The predicted molar refractivity (Wildman–Crippen MR) is 328 cm³/mol. The number of para-hydroxylation sites is 1. The van der Waals surface area contributed by atoms with Crippen LogP contribution in [0.25, 0.3) is 11.0 Å². The summed E-state index contributed by atoms with van der Waals surface area (Å²) in [5, 5.41) is 13.4. The third kappa shape index (κ3) is 14.5. The third-order valence-corrected chi connectivity index (χ3v) is 18.6. The number of allylic oxidation sites excluding steroid dienone is 7. The molecule has 0 radical (unpaired) electrons. The number of aromatic amines is 2. The average Bonchev–Trinajstić information content (AvgIpc) is 1.75. The van der Waals surface area contributed by atoms with Crippen LogP contribution in [0.1, 0.15) is 111 Å². The number of carboxylic acids is 1. The SMILES string of the molecule is CC1(C)C(/C=C/C2=C(Oc3ccc(CC(NC(=O)c4ccc(CCc5c[nH]c6nc(N)[nH]c(=O)c56)cc4)C(=O)O)cc3)C(=C/C=C3/N(CCCCS(=O)(=O)O)c4ccc(S(=O)(=O)O)cc4C3(C)C)/CCC2)=[N+](CCCCS(=O)(=O)O)c2ccccc21. The molecule has 0 saturated heterocycles. The number of H-pyrrole nitrogens is 2. The lowest BCUT2D eigenvalue weighted by atomic mass is 9.81. The van der Waals surface area contributed by atoms with Crippen molar-refractivity contribution in [3.05, 3.63) is 188 Å². The molecule has 4 aromatic carbocycles. The lowest BCUT2D eigenvalue weighted by Gasteiger charge is -2.27. The summed E-state index contributed by atoms with van der Waals surface area (Å²) >= 11 is 0. The summed E-state index contributed by atoms with van der Waals surface area (Å²) in [5.74, 6) is -1.63. The number of anilines is 2. The van der Waals surface area contributed by atoms with Crippen LogP contribution in [0.15, 0.2) is 154 Å². The maximum Gasteiger partial charge on any atom is 0.326 e. The van der Waals surface area contributed by atoms with E-state index in [0.717, 1.165) is 51.4 Å². The number of nitrogens with zero attached hydrogens (tertiary/aromatic N) is 3. The van der Waals surface area contributed by atoms with E-state index in [2.05, 4.69) is 50.8 Å². The standard InChI is InChI=1S/C62H69N7O14S3/c1-61(2)47-14-5-6-15-50(47)68(32-7-9-34-84(74,75)76)52(61)30-24-41-12-11-13-42(25-31-53-62(3,4)48-37-46(86(80,81)82)28-29-51(48)69(53)33-8-10-35-85(77,78)79)55(41)83-45-26-19-40(20-27-45)36-49(59(72)73)65-57(70)43-21-16-39(17-22-43)18-23-44-38-64-56-54(44)58(71)67-60(63)66-56/h5-6,14-17,19-22,24-31,37-38,49H,7-13,18,23,32-36H2,1-4H3,(H8-,63,64,65,66,67,70,71,72,73,74,75,76,77,78,79,80,81,82)/p+1. The third-order valence-electron chi connectivity index (χ3n) is 16.1. The number of rotatable bonds is 24. The van der Waals surface area contributed by atoms with Crippen molar-refractivity contribution < 1.29 is 62.9 Å². The van der Waals surface area contributed by atoms with Crippen LogP contribution in [0.4, 0.5) is 17.3 Å². The monoisotopic (exact) mass is 1230 g/mol. The van der Waals surface area contributed by atoms with Crippen LogP contribution in [-0.2, 0) is 65.2 Å². The molecule has 454 valence electrons. The van der Waals surface area contributed by atoms with E-state index in [-0.39, 0.29) is 47.0 Å². The number of hydrogen-bond donors (Lipinski definition) is 8. The highest BCUT2D eigenvalue weighted by Crippen LogP contribution is 2.49. The summed E-state index contributed by atoms with van der Waals surface area (Å²) < 4.78 is 110. The fraction of sp³-hybridized carbons (Fsp3) is 0.339. The number of carboxylic acid groups (broad SMARTS) is 1. The van der Waals surface area contributed by atoms with E-state index in [0.29, 0.717) is 91.0 Å². The van der Waals surface area contributed by atoms with E-state index in [1.165, 1.54) is 12.1 Å². The van der Waals surface area contributed by atoms with Crippen molar-refractivity contribution in [2.45, 2.75) is 114 Å². The molecule has 24 heteroatoms. The minimum Gasteiger partial charge on any atom is -0.480 e. The predicted octanol–water partition coefficient (Wildman–Crippen LogP) is 8.68. The maximum absolute atomic E-state index is 13.5. The van der Waals surface area contributed by atoms with Gasteiger partial charge in [0.05, 0.1) is 27.2 Å². The van der Waals surface area contributed by atoms with Gasteiger partial charge in [0.25, 0.3) is 41.8 Å². The Morgan fingerprint density at radius 1 is 0.814 bits per heavy atom. The molecule has 6 aromatic rings. The number of nitrogen functional groups attached to an aromatic ring is 1. The molecule has 2 aliphatic heterocycles. The molecule has 3 aliphatic rings. The molecular formula is C62H70N7O14S3+. The van der Waals surface area contributed by atoms with Gasteiger partial charge in [-0.2, -0.15) is 34.8 Å². The summed E-state index contributed by atoms with van der Waals surface area (Å²) in [7, 11) is -12.9. The van der Waals surface area contributed by atoms with Crippen LogP contribution in [0.5, 0.6) is 5.75 Å². The molecule has 9 rings (SSSR count). The average molecular weight is 1230 g/mol. The second-order valence-corrected chi connectivity index (χ2v) is 27.4. The van der Waals surface area contributed by atoms with Crippen molar-refractivity contribution in [2.24, 2.45) is 0 Å². The lowest BCUT2D eigenvalue weighted by molar-refractivity contribution is -0.438. The first-order valence-corrected chi connectivity index (χ1v) is 32.9. The minimum absolute atomic E-state index is 0.00846. The van der Waals surface area contributed by atoms with Crippen LogP contribution >= 0.6 is 0 Å². The Hall–Kier alpha value is -8.00. The molecule has 4 heterocycles. The zero-order valence-electron chi connectivity index (χ0n) is 48.0. The van der Waals surface area contributed by atoms with Crippen molar-refractivity contribution in [3.8, 4) is 5.75 Å². The summed E-state index contributed by atoms with van der Waals surface area (Å²) in [4.78, 5) is 50.1. The number of ether oxygens (including phenoxy) is 1. The van der Waals surface area contributed by atoms with Gasteiger partial charge in [-0.25, -0.2) is 4.79 Å². The molecule has 1 atom stereocenters. The molecule has 86 heavy (non-hydrogen) atoms. The number of aryl methyl sites for hydroxylation is 2. The van der Waals surface area contributed by atoms with Crippen molar-refractivity contribution in [2.75, 3.05) is 35.2 Å². The van der Waals surface area contributed by atoms with Crippen LogP contribution in [0, 0.1) is 0 Å². The van der Waals surface area contributed by atoms with E-state index in [1.54, 1.807) is 60.8 Å². The molecule has 21 nitrogen and oxygen atoms in total.